The standard InChI is InChI=1S/C17H16N4O3/c22-14-10-21(19-14)20-15-12-8-4-5-9-13(12)18-17(23)16(15)24-11-6-2-1-3-7-11/h1-9,15-16,20H,10H2,(H,18,23)(H,19,22). The predicted molar refractivity (Wildman–Crippen MR) is 86.7 cm³/mol. The Kier molecular flexibility index (Phi) is 3.64. The van der Waals surface area contributed by atoms with E-state index in [1.54, 1.807) is 17.3 Å². The SMILES string of the molecule is O=C1CN(NC2c3ccccc3NC(=O)C2Oc2ccccc2)N1. The van der Waals surface area contributed by atoms with Crippen LogP contribution in [-0.4, -0.2) is 29.6 Å². The van der Waals surface area contributed by atoms with Gasteiger partial charge in [-0.05, 0) is 23.8 Å². The van der Waals surface area contributed by atoms with E-state index in [4.69, 9.17) is 4.74 Å². The molecule has 4 rings (SSSR count). The van der Waals surface area contributed by atoms with Gasteiger partial charge in [-0.3, -0.25) is 15.0 Å². The van der Waals surface area contributed by atoms with Gasteiger partial charge in [0, 0.05) is 5.69 Å². The second kappa shape index (κ2) is 5.95. The number of nitrogens with one attached hydrogen (secondary N) is 3. The second-order valence-corrected chi connectivity index (χ2v) is 5.66. The van der Waals surface area contributed by atoms with E-state index < -0.39 is 12.1 Å². The normalized spacial score (nSPS) is 22.8. The molecule has 2 aromatic rings. The average Bonchev–Trinajstić information content (AvgIpc) is 2.57. The number of nitrogens with zero attached hydrogens (tertiary/aromatic N) is 1. The first-order valence-electron chi connectivity index (χ1n) is 7.65. The number of hydrogen-bond acceptors (Lipinski definition) is 5. The first kappa shape index (κ1) is 14.7. The molecule has 2 unspecified atom stereocenters. The molecule has 0 aromatic heterocycles. The van der Waals surface area contributed by atoms with Crippen molar-refractivity contribution in [2.45, 2.75) is 12.1 Å². The van der Waals surface area contributed by atoms with Gasteiger partial charge in [0.15, 0.2) is 6.10 Å². The number of rotatable bonds is 4. The summed E-state index contributed by atoms with van der Waals surface area (Å²) in [4.78, 5) is 23.7. The van der Waals surface area contributed by atoms with Crippen LogP contribution in [0.4, 0.5) is 5.69 Å². The molecule has 2 atom stereocenters. The fourth-order valence-corrected chi connectivity index (χ4v) is 2.83. The summed E-state index contributed by atoms with van der Waals surface area (Å²) in [5.74, 6) is 0.301. The van der Waals surface area contributed by atoms with E-state index in [1.165, 1.54) is 0 Å². The van der Waals surface area contributed by atoms with Crippen LogP contribution in [0.5, 0.6) is 5.75 Å². The second-order valence-electron chi connectivity index (χ2n) is 5.66. The first-order chi connectivity index (χ1) is 11.7. The van der Waals surface area contributed by atoms with Crippen molar-refractivity contribution in [2.75, 3.05) is 11.9 Å². The van der Waals surface area contributed by atoms with Crippen LogP contribution in [0, 0.1) is 0 Å². The summed E-state index contributed by atoms with van der Waals surface area (Å²) in [7, 11) is 0. The number of anilines is 1. The predicted octanol–water partition coefficient (Wildman–Crippen LogP) is 0.979. The molecule has 2 heterocycles. The minimum atomic E-state index is -0.764. The maximum absolute atomic E-state index is 12.5. The summed E-state index contributed by atoms with van der Waals surface area (Å²) in [5.41, 5.74) is 7.41. The molecule has 2 aliphatic heterocycles. The van der Waals surface area contributed by atoms with Gasteiger partial charge in [-0.1, -0.05) is 36.4 Å². The average molecular weight is 324 g/mol. The number of amides is 2. The molecule has 7 heteroatoms. The van der Waals surface area contributed by atoms with Gasteiger partial charge in [0.1, 0.15) is 12.3 Å². The first-order valence-corrected chi connectivity index (χ1v) is 7.65. The lowest BCUT2D eigenvalue weighted by Gasteiger charge is -2.39. The Hall–Kier alpha value is -2.90. The van der Waals surface area contributed by atoms with Gasteiger partial charge in [0.05, 0.1) is 6.04 Å². The van der Waals surface area contributed by atoms with Crippen LogP contribution in [0.3, 0.4) is 0 Å². The highest BCUT2D eigenvalue weighted by Gasteiger charge is 2.40. The molecular formula is C17H16N4O3. The maximum Gasteiger partial charge on any atom is 0.267 e. The van der Waals surface area contributed by atoms with E-state index in [1.807, 2.05) is 42.5 Å². The number of hydrogen-bond donors (Lipinski definition) is 3. The number of para-hydroxylation sites is 2. The van der Waals surface area contributed by atoms with E-state index in [0.29, 0.717) is 5.75 Å². The minimum absolute atomic E-state index is 0.0726. The van der Waals surface area contributed by atoms with Crippen molar-refractivity contribution in [3.8, 4) is 5.75 Å². The molecule has 1 saturated heterocycles. The van der Waals surface area contributed by atoms with E-state index in [0.717, 1.165) is 11.3 Å². The summed E-state index contributed by atoms with van der Waals surface area (Å²) in [5, 5.41) is 4.43. The number of fused-ring (bicyclic) bond motifs is 1. The zero-order valence-electron chi connectivity index (χ0n) is 12.7. The smallest absolute Gasteiger partial charge is 0.267 e. The van der Waals surface area contributed by atoms with Crippen molar-refractivity contribution in [3.05, 3.63) is 60.2 Å². The molecule has 2 aromatic carbocycles. The highest BCUT2D eigenvalue weighted by Crippen LogP contribution is 2.33. The Morgan fingerprint density at radius 2 is 1.75 bits per heavy atom. The van der Waals surface area contributed by atoms with Gasteiger partial charge in [-0.15, -0.1) is 5.12 Å². The Balaban J connectivity index is 1.64. The van der Waals surface area contributed by atoms with Crippen molar-refractivity contribution in [1.29, 1.82) is 0 Å². The lowest BCUT2D eigenvalue weighted by molar-refractivity contribution is -0.146. The third kappa shape index (κ3) is 2.70. The summed E-state index contributed by atoms with van der Waals surface area (Å²) in [6.45, 7) is 0.234. The Labute approximate surface area is 138 Å². The van der Waals surface area contributed by atoms with Crippen molar-refractivity contribution in [1.82, 2.24) is 16.0 Å². The van der Waals surface area contributed by atoms with Crippen LogP contribution in [0.2, 0.25) is 0 Å². The molecule has 0 bridgehead atoms. The Morgan fingerprint density at radius 1 is 1.04 bits per heavy atom. The highest BCUT2D eigenvalue weighted by atomic mass is 16.5. The van der Waals surface area contributed by atoms with Crippen LogP contribution < -0.4 is 20.9 Å². The van der Waals surface area contributed by atoms with Gasteiger partial charge in [0.2, 0.25) is 0 Å². The van der Waals surface area contributed by atoms with Gasteiger partial charge in [-0.25, -0.2) is 5.43 Å². The molecule has 2 amide bonds. The fourth-order valence-electron chi connectivity index (χ4n) is 2.83. The summed E-state index contributed by atoms with van der Waals surface area (Å²) in [6.07, 6.45) is -0.764. The number of ether oxygens (including phenoxy) is 1. The number of carbonyl (C=O) groups excluding carboxylic acids is 2. The zero-order valence-corrected chi connectivity index (χ0v) is 12.7. The lowest BCUT2D eigenvalue weighted by atomic mass is 9.95. The molecule has 2 aliphatic rings. The van der Waals surface area contributed by atoms with Gasteiger partial charge in [-0.2, -0.15) is 0 Å². The van der Waals surface area contributed by atoms with Crippen LogP contribution >= 0.6 is 0 Å². The molecule has 0 radical (unpaired) electrons. The van der Waals surface area contributed by atoms with E-state index in [9.17, 15) is 9.59 Å². The minimum Gasteiger partial charge on any atom is -0.479 e. The molecular weight excluding hydrogens is 308 g/mol. The van der Waals surface area contributed by atoms with Crippen LogP contribution in [0.25, 0.3) is 0 Å². The zero-order chi connectivity index (χ0) is 16.5. The van der Waals surface area contributed by atoms with Gasteiger partial charge in [0.25, 0.3) is 11.8 Å². The maximum atomic E-state index is 12.5. The van der Waals surface area contributed by atoms with E-state index in [2.05, 4.69) is 16.2 Å². The Morgan fingerprint density at radius 3 is 2.50 bits per heavy atom. The third-order valence-electron chi connectivity index (χ3n) is 3.98. The van der Waals surface area contributed by atoms with Crippen LogP contribution in [0.15, 0.2) is 54.6 Å². The van der Waals surface area contributed by atoms with Crippen molar-refractivity contribution in [2.24, 2.45) is 0 Å². The molecule has 0 saturated carbocycles. The molecule has 7 nitrogen and oxygen atoms in total. The Bertz CT molecular complexity index is 772. The number of carbonyl (C=O) groups is 2. The molecule has 1 fully saturated rings. The molecule has 122 valence electrons. The molecule has 0 aliphatic carbocycles. The lowest BCUT2D eigenvalue weighted by Crippen LogP contribution is -2.67. The van der Waals surface area contributed by atoms with Crippen molar-refractivity contribution < 1.29 is 14.3 Å². The summed E-state index contributed by atoms with van der Waals surface area (Å²) in [6, 6.07) is 16.3. The summed E-state index contributed by atoms with van der Waals surface area (Å²) >= 11 is 0. The monoisotopic (exact) mass is 324 g/mol. The van der Waals surface area contributed by atoms with E-state index >= 15 is 0 Å². The molecule has 3 N–H and O–H groups in total. The number of hydrazine groups is 2. The largest absolute Gasteiger partial charge is 0.479 e. The highest BCUT2D eigenvalue weighted by molar-refractivity contribution is 5.98. The topological polar surface area (TPSA) is 82.7 Å². The van der Waals surface area contributed by atoms with Crippen molar-refractivity contribution >= 4 is 17.5 Å². The van der Waals surface area contributed by atoms with Gasteiger partial charge < -0.3 is 10.1 Å². The third-order valence-corrected chi connectivity index (χ3v) is 3.98. The van der Waals surface area contributed by atoms with E-state index in [-0.39, 0.29) is 18.4 Å². The van der Waals surface area contributed by atoms with Crippen molar-refractivity contribution in [3.63, 3.8) is 0 Å². The number of benzene rings is 2. The quantitative estimate of drug-likeness (QED) is 0.781. The van der Waals surface area contributed by atoms with Crippen LogP contribution in [0.1, 0.15) is 11.6 Å². The summed E-state index contributed by atoms with van der Waals surface area (Å²) < 4.78 is 5.92. The van der Waals surface area contributed by atoms with Gasteiger partial charge >= 0.3 is 0 Å². The molecule has 24 heavy (non-hydrogen) atoms. The fraction of sp³-hybridized carbons (Fsp3) is 0.176. The van der Waals surface area contributed by atoms with Crippen LogP contribution in [-0.2, 0) is 9.59 Å². The molecule has 0 spiro atoms.